The summed E-state index contributed by atoms with van der Waals surface area (Å²) in [6.45, 7) is 0. The second-order valence-corrected chi connectivity index (χ2v) is 8.47. The van der Waals surface area contributed by atoms with Gasteiger partial charge in [-0.15, -0.1) is 5.06 Å². The Kier molecular flexibility index (Phi) is 9.85. The number of aromatic hydroxyl groups is 2. The van der Waals surface area contributed by atoms with E-state index in [1.165, 1.54) is 54.6 Å². The number of hydroxylamine groups is 2. The van der Waals surface area contributed by atoms with Gasteiger partial charge in [-0.05, 0) is 54.0 Å². The molecule has 0 saturated carbocycles. The average Bonchev–Trinajstić information content (AvgIpc) is 3.20. The summed E-state index contributed by atoms with van der Waals surface area (Å²) in [4.78, 5) is 75.5. The molecule has 0 unspecified atom stereocenters. The summed E-state index contributed by atoms with van der Waals surface area (Å²) < 4.78 is 5.08. The minimum Gasteiger partial charge on any atom is -0.508 e. The van der Waals surface area contributed by atoms with Crippen LogP contribution in [-0.2, 0) is 33.6 Å². The van der Waals surface area contributed by atoms with Crippen molar-refractivity contribution in [2.24, 2.45) is 0 Å². The van der Waals surface area contributed by atoms with Crippen LogP contribution in [-0.4, -0.2) is 50.6 Å². The lowest BCUT2D eigenvalue weighted by atomic mass is 10.1. The van der Waals surface area contributed by atoms with E-state index < -0.39 is 35.3 Å². The van der Waals surface area contributed by atoms with E-state index >= 15 is 0 Å². The van der Waals surface area contributed by atoms with Crippen LogP contribution in [0.1, 0.15) is 49.7 Å². The van der Waals surface area contributed by atoms with Crippen LogP contribution in [0.15, 0.2) is 54.6 Å². The van der Waals surface area contributed by atoms with E-state index in [1.807, 2.05) is 0 Å². The molecule has 2 amide bonds. The van der Waals surface area contributed by atoms with Crippen molar-refractivity contribution in [3.05, 3.63) is 65.7 Å². The number of ketones is 2. The summed E-state index contributed by atoms with van der Waals surface area (Å²) in [6.07, 6.45) is 4.49. The molecular formula is C28H25NO10. The van der Waals surface area contributed by atoms with Gasteiger partial charge in [0.15, 0.2) is 23.1 Å². The first-order valence-corrected chi connectivity index (χ1v) is 11.9. The van der Waals surface area contributed by atoms with E-state index in [2.05, 4.69) is 0 Å². The number of hydrogen-bond acceptors (Lipinski definition) is 10. The Balaban J connectivity index is 1.42. The highest BCUT2D eigenvalue weighted by molar-refractivity contribution is 6.11. The molecule has 0 radical (unpaired) electrons. The van der Waals surface area contributed by atoms with Crippen molar-refractivity contribution < 1.29 is 48.6 Å². The van der Waals surface area contributed by atoms with Gasteiger partial charge in [0, 0.05) is 25.7 Å². The van der Waals surface area contributed by atoms with Crippen LogP contribution >= 0.6 is 0 Å². The van der Waals surface area contributed by atoms with Crippen molar-refractivity contribution in [1.29, 1.82) is 0 Å². The van der Waals surface area contributed by atoms with Gasteiger partial charge in [-0.3, -0.25) is 24.0 Å². The number of allylic oxidation sites excluding steroid dienone is 2. The Labute approximate surface area is 222 Å². The number of ether oxygens (including phenoxy) is 1. The van der Waals surface area contributed by atoms with E-state index in [1.54, 1.807) is 12.1 Å². The first kappa shape index (κ1) is 28.5. The summed E-state index contributed by atoms with van der Waals surface area (Å²) in [5, 5.41) is 20.0. The fourth-order valence-corrected chi connectivity index (χ4v) is 3.38. The zero-order valence-corrected chi connectivity index (χ0v) is 20.7. The summed E-state index contributed by atoms with van der Waals surface area (Å²) in [6, 6.07) is 10.3. The molecule has 0 aromatic heterocycles. The molecule has 2 N–H and O–H groups in total. The van der Waals surface area contributed by atoms with Crippen molar-refractivity contribution >= 4 is 47.5 Å². The molecule has 1 aliphatic heterocycles. The zero-order valence-electron chi connectivity index (χ0n) is 20.7. The highest BCUT2D eigenvalue weighted by Crippen LogP contribution is 2.28. The maximum absolute atomic E-state index is 12.1. The van der Waals surface area contributed by atoms with Crippen molar-refractivity contribution in [1.82, 2.24) is 5.06 Å². The second kappa shape index (κ2) is 13.5. The summed E-state index contributed by atoms with van der Waals surface area (Å²) in [5.41, 5.74) is 1.02. The molecule has 0 bridgehead atoms. The highest BCUT2D eigenvalue weighted by atomic mass is 16.7. The van der Waals surface area contributed by atoms with Gasteiger partial charge in [0.05, 0.1) is 6.42 Å². The Morgan fingerprint density at radius 1 is 0.821 bits per heavy atom. The lowest BCUT2D eigenvalue weighted by molar-refractivity contribution is -0.197. The number of nitrogens with zero attached hydrogens (tertiary/aromatic N) is 1. The number of hydrogen-bond donors (Lipinski definition) is 2. The molecule has 0 spiro atoms. The lowest BCUT2D eigenvalue weighted by Gasteiger charge is -2.12. The molecule has 2 aromatic rings. The van der Waals surface area contributed by atoms with E-state index in [9.17, 15) is 39.0 Å². The fourth-order valence-electron chi connectivity index (χ4n) is 3.38. The van der Waals surface area contributed by atoms with Gasteiger partial charge in [-0.2, -0.15) is 0 Å². The van der Waals surface area contributed by atoms with Gasteiger partial charge < -0.3 is 19.8 Å². The van der Waals surface area contributed by atoms with Crippen LogP contribution in [0, 0.1) is 0 Å². The number of esters is 1. The monoisotopic (exact) mass is 535 g/mol. The van der Waals surface area contributed by atoms with Crippen LogP contribution in [0.4, 0.5) is 0 Å². The maximum atomic E-state index is 12.1. The van der Waals surface area contributed by atoms with Gasteiger partial charge in [0.2, 0.25) is 0 Å². The molecule has 1 saturated heterocycles. The maximum Gasteiger partial charge on any atom is 0.333 e. The van der Waals surface area contributed by atoms with Crippen LogP contribution < -0.4 is 4.74 Å². The number of benzene rings is 2. The third kappa shape index (κ3) is 9.08. The number of imide groups is 1. The summed E-state index contributed by atoms with van der Waals surface area (Å²) >= 11 is 0. The van der Waals surface area contributed by atoms with Crippen molar-refractivity contribution in [2.45, 2.75) is 38.5 Å². The minimum absolute atomic E-state index is 0.0212. The summed E-state index contributed by atoms with van der Waals surface area (Å²) in [7, 11) is 0. The van der Waals surface area contributed by atoms with Crippen molar-refractivity contribution in [2.75, 3.05) is 0 Å². The van der Waals surface area contributed by atoms with Crippen molar-refractivity contribution in [3.8, 4) is 17.2 Å². The number of carbonyl (C=O) groups is 6. The Morgan fingerprint density at radius 3 is 2.05 bits per heavy atom. The first-order chi connectivity index (χ1) is 18.6. The smallest absolute Gasteiger partial charge is 0.333 e. The van der Waals surface area contributed by atoms with Gasteiger partial charge in [-0.1, -0.05) is 30.4 Å². The highest BCUT2D eigenvalue weighted by Gasteiger charge is 2.32. The predicted molar refractivity (Wildman–Crippen MR) is 136 cm³/mol. The van der Waals surface area contributed by atoms with E-state index in [-0.39, 0.29) is 55.8 Å². The molecule has 0 aliphatic carbocycles. The van der Waals surface area contributed by atoms with E-state index in [0.29, 0.717) is 16.2 Å². The van der Waals surface area contributed by atoms with Crippen LogP contribution in [0.3, 0.4) is 0 Å². The van der Waals surface area contributed by atoms with Gasteiger partial charge >= 0.3 is 11.9 Å². The third-order valence-electron chi connectivity index (χ3n) is 5.31. The standard InChI is InChI=1S/C28H25NO10/c30-20-4-1-3-18(15-20)7-10-21(31)17-22(32)11-8-19-9-12-24(23(33)16-19)38-27(36)5-2-6-28(37)39-29-25(34)13-14-26(29)35/h1,3-4,7-12,15-16,30,33H,2,5-6,13-14,17H2/b10-7+,11-8+. The normalized spacial score (nSPS) is 13.3. The van der Waals surface area contributed by atoms with Gasteiger partial charge in [0.25, 0.3) is 11.8 Å². The molecule has 11 nitrogen and oxygen atoms in total. The lowest BCUT2D eigenvalue weighted by Crippen LogP contribution is -2.32. The predicted octanol–water partition coefficient (Wildman–Crippen LogP) is 3.04. The molecule has 1 aliphatic rings. The first-order valence-electron chi connectivity index (χ1n) is 11.9. The van der Waals surface area contributed by atoms with Crippen LogP contribution in [0.25, 0.3) is 12.2 Å². The molecule has 39 heavy (non-hydrogen) atoms. The number of carbonyl (C=O) groups excluding carboxylic acids is 6. The second-order valence-electron chi connectivity index (χ2n) is 8.47. The van der Waals surface area contributed by atoms with Crippen molar-refractivity contribution in [3.63, 3.8) is 0 Å². The molecule has 11 heteroatoms. The van der Waals surface area contributed by atoms with Crippen LogP contribution in [0.2, 0.25) is 0 Å². The molecule has 1 heterocycles. The number of phenols is 2. The zero-order chi connectivity index (χ0) is 28.4. The Morgan fingerprint density at radius 2 is 1.44 bits per heavy atom. The molecule has 2 aromatic carbocycles. The van der Waals surface area contributed by atoms with E-state index in [4.69, 9.17) is 9.57 Å². The fraction of sp³-hybridized carbons (Fsp3) is 0.214. The van der Waals surface area contributed by atoms with Gasteiger partial charge in [0.1, 0.15) is 5.75 Å². The molecular weight excluding hydrogens is 510 g/mol. The average molecular weight is 536 g/mol. The SMILES string of the molecule is O=C(/C=C/c1cccc(O)c1)CC(=O)/C=C/c1ccc(OC(=O)CCCC(=O)ON2C(=O)CCC2=O)c(O)c1. The molecule has 0 atom stereocenters. The number of rotatable bonds is 12. The number of phenolic OH excluding ortho intramolecular Hbond substituents is 2. The Bertz CT molecular complexity index is 1340. The Hall–Kier alpha value is -5.06. The topological polar surface area (TPSA) is 165 Å². The van der Waals surface area contributed by atoms with Gasteiger partial charge in [-0.25, -0.2) is 4.79 Å². The van der Waals surface area contributed by atoms with Crippen LogP contribution in [0.5, 0.6) is 17.2 Å². The number of amides is 2. The molecule has 1 fully saturated rings. The molecule has 202 valence electrons. The third-order valence-corrected chi connectivity index (χ3v) is 5.31. The quantitative estimate of drug-likeness (QED) is 0.136. The summed E-state index contributed by atoms with van der Waals surface area (Å²) in [5.74, 6) is -4.11. The largest absolute Gasteiger partial charge is 0.508 e. The van der Waals surface area contributed by atoms with E-state index in [0.717, 1.165) is 0 Å². The molecule has 3 rings (SSSR count). The minimum atomic E-state index is -0.839.